The molecule has 3 nitrogen and oxygen atoms in total. The van der Waals surface area contributed by atoms with Crippen molar-refractivity contribution >= 4 is 10.9 Å². The van der Waals surface area contributed by atoms with E-state index < -0.39 is 5.54 Å². The molecule has 0 aliphatic carbocycles. The maximum absolute atomic E-state index is 13.1. The second kappa shape index (κ2) is 5.22. The van der Waals surface area contributed by atoms with Crippen LogP contribution in [0, 0.1) is 5.82 Å². The number of fused-ring (bicyclic) bond motifs is 1. The van der Waals surface area contributed by atoms with Gasteiger partial charge in [0.05, 0.1) is 22.9 Å². The summed E-state index contributed by atoms with van der Waals surface area (Å²) in [6, 6.07) is 12.9. The first-order valence-electron chi connectivity index (χ1n) is 6.89. The van der Waals surface area contributed by atoms with Gasteiger partial charge in [0.25, 0.3) is 0 Å². The zero-order valence-corrected chi connectivity index (χ0v) is 11.8. The summed E-state index contributed by atoms with van der Waals surface area (Å²) in [7, 11) is 0. The van der Waals surface area contributed by atoms with Gasteiger partial charge in [0.1, 0.15) is 5.82 Å². The maximum Gasteiger partial charge on any atom is 0.141 e. The topological polar surface area (TPSA) is 51.8 Å². The predicted octanol–water partition coefficient (Wildman–Crippen LogP) is 3.38. The molecule has 0 aliphatic rings. The van der Waals surface area contributed by atoms with E-state index >= 15 is 0 Å². The summed E-state index contributed by atoms with van der Waals surface area (Å²) >= 11 is 0. The van der Waals surface area contributed by atoms with Crippen molar-refractivity contribution in [2.24, 2.45) is 5.73 Å². The smallest absolute Gasteiger partial charge is 0.141 e. The molecule has 1 unspecified atom stereocenters. The molecule has 21 heavy (non-hydrogen) atoms. The predicted molar refractivity (Wildman–Crippen MR) is 81.2 cm³/mol. The zero-order valence-electron chi connectivity index (χ0n) is 11.8. The van der Waals surface area contributed by atoms with Crippen LogP contribution < -0.4 is 5.73 Å². The van der Waals surface area contributed by atoms with Crippen LogP contribution in [0.2, 0.25) is 0 Å². The van der Waals surface area contributed by atoms with Gasteiger partial charge >= 0.3 is 0 Å². The quantitative estimate of drug-likeness (QED) is 0.800. The lowest BCUT2D eigenvalue weighted by Crippen LogP contribution is -2.38. The molecule has 0 radical (unpaired) electrons. The third-order valence-electron chi connectivity index (χ3n) is 3.86. The largest absolute Gasteiger partial charge is 0.316 e. The van der Waals surface area contributed by atoms with E-state index in [1.807, 2.05) is 37.3 Å². The number of hydrogen-bond acceptors (Lipinski definition) is 3. The minimum atomic E-state index is -0.751. The number of nitrogens with two attached hydrogens (primary N) is 1. The van der Waals surface area contributed by atoms with E-state index in [9.17, 15) is 4.39 Å². The average molecular weight is 281 g/mol. The molecule has 106 valence electrons. The summed E-state index contributed by atoms with van der Waals surface area (Å²) in [5.74, 6) is -0.364. The minimum absolute atomic E-state index is 0.364. The number of halogens is 1. The fraction of sp³-hybridized carbons (Fsp3) is 0.176. The van der Waals surface area contributed by atoms with Crippen LogP contribution in [-0.4, -0.2) is 9.97 Å². The Bertz CT molecular complexity index is 770. The van der Waals surface area contributed by atoms with Gasteiger partial charge in [-0.1, -0.05) is 25.1 Å². The van der Waals surface area contributed by atoms with Gasteiger partial charge in [-0.2, -0.15) is 0 Å². The van der Waals surface area contributed by atoms with Gasteiger partial charge in [-0.15, -0.1) is 0 Å². The summed E-state index contributed by atoms with van der Waals surface area (Å²) in [6.45, 7) is 1.99. The van der Waals surface area contributed by atoms with Crippen molar-refractivity contribution in [3.8, 4) is 0 Å². The van der Waals surface area contributed by atoms with Crippen molar-refractivity contribution in [2.75, 3.05) is 0 Å². The molecular formula is C17H16FN3. The number of pyridine rings is 2. The number of benzene rings is 1. The Balaban J connectivity index is 2.14. The summed E-state index contributed by atoms with van der Waals surface area (Å²) in [5, 5.41) is 1.06. The third kappa shape index (κ3) is 2.38. The molecule has 0 aliphatic heterocycles. The molecule has 0 spiro atoms. The van der Waals surface area contributed by atoms with E-state index in [1.165, 1.54) is 12.3 Å². The van der Waals surface area contributed by atoms with Gasteiger partial charge in [0, 0.05) is 11.6 Å². The van der Waals surface area contributed by atoms with Gasteiger partial charge in [-0.25, -0.2) is 4.39 Å². The SMILES string of the molecule is CCC(N)(c1ccc2cccnc2c1)c1ccc(F)cn1. The highest BCUT2D eigenvalue weighted by atomic mass is 19.1. The van der Waals surface area contributed by atoms with Crippen molar-refractivity contribution in [1.29, 1.82) is 0 Å². The van der Waals surface area contributed by atoms with Crippen LogP contribution in [0.5, 0.6) is 0 Å². The second-order valence-corrected chi connectivity index (χ2v) is 5.10. The van der Waals surface area contributed by atoms with Gasteiger partial charge in [-0.3, -0.25) is 9.97 Å². The van der Waals surface area contributed by atoms with Crippen LogP contribution in [0.15, 0.2) is 54.9 Å². The summed E-state index contributed by atoms with van der Waals surface area (Å²) < 4.78 is 13.1. The Kier molecular flexibility index (Phi) is 3.39. The highest BCUT2D eigenvalue weighted by molar-refractivity contribution is 5.79. The van der Waals surface area contributed by atoms with E-state index in [-0.39, 0.29) is 5.82 Å². The first-order chi connectivity index (χ1) is 10.1. The minimum Gasteiger partial charge on any atom is -0.316 e. The van der Waals surface area contributed by atoms with Crippen molar-refractivity contribution in [3.05, 3.63) is 71.9 Å². The molecule has 0 bridgehead atoms. The third-order valence-corrected chi connectivity index (χ3v) is 3.86. The Morgan fingerprint density at radius 3 is 2.71 bits per heavy atom. The summed E-state index contributed by atoms with van der Waals surface area (Å²) in [6.07, 6.45) is 3.61. The van der Waals surface area contributed by atoms with Crippen LogP contribution in [0.25, 0.3) is 10.9 Å². The van der Waals surface area contributed by atoms with Gasteiger partial charge in [0.15, 0.2) is 0 Å². The highest BCUT2D eigenvalue weighted by Gasteiger charge is 2.29. The lowest BCUT2D eigenvalue weighted by atomic mass is 9.84. The standard InChI is InChI=1S/C17H16FN3/c1-2-17(19,16-8-7-14(18)11-21-16)13-6-5-12-4-3-9-20-15(12)10-13/h3-11H,2,19H2,1H3. The number of aromatic nitrogens is 2. The normalized spacial score (nSPS) is 14.0. The zero-order chi connectivity index (χ0) is 14.9. The van der Waals surface area contributed by atoms with E-state index in [4.69, 9.17) is 5.73 Å². The Morgan fingerprint density at radius 1 is 1.14 bits per heavy atom. The molecule has 0 amide bonds. The highest BCUT2D eigenvalue weighted by Crippen LogP contribution is 2.30. The van der Waals surface area contributed by atoms with Crippen molar-refractivity contribution < 1.29 is 4.39 Å². The lowest BCUT2D eigenvalue weighted by molar-refractivity contribution is 0.499. The maximum atomic E-state index is 13.1. The molecule has 0 saturated carbocycles. The van der Waals surface area contributed by atoms with Crippen LogP contribution in [-0.2, 0) is 5.54 Å². The average Bonchev–Trinajstić information content (AvgIpc) is 2.54. The number of hydrogen-bond donors (Lipinski definition) is 1. The molecule has 1 atom stereocenters. The molecule has 3 rings (SSSR count). The van der Waals surface area contributed by atoms with E-state index in [1.54, 1.807) is 12.3 Å². The van der Waals surface area contributed by atoms with Crippen LogP contribution in [0.4, 0.5) is 4.39 Å². The molecule has 2 heterocycles. The van der Waals surface area contributed by atoms with Crippen LogP contribution >= 0.6 is 0 Å². The molecule has 4 heteroatoms. The summed E-state index contributed by atoms with van der Waals surface area (Å²) in [5.41, 5.74) is 8.29. The van der Waals surface area contributed by atoms with Crippen LogP contribution in [0.1, 0.15) is 24.6 Å². The van der Waals surface area contributed by atoms with E-state index in [2.05, 4.69) is 9.97 Å². The first-order valence-corrected chi connectivity index (χ1v) is 6.89. The fourth-order valence-corrected chi connectivity index (χ4v) is 2.52. The summed E-state index contributed by atoms with van der Waals surface area (Å²) in [4.78, 5) is 8.52. The lowest BCUT2D eigenvalue weighted by Gasteiger charge is -2.28. The van der Waals surface area contributed by atoms with Crippen molar-refractivity contribution in [1.82, 2.24) is 9.97 Å². The number of rotatable bonds is 3. The van der Waals surface area contributed by atoms with Gasteiger partial charge in [0.2, 0.25) is 0 Å². The molecule has 2 N–H and O–H groups in total. The van der Waals surface area contributed by atoms with E-state index in [0.717, 1.165) is 16.5 Å². The van der Waals surface area contributed by atoms with Crippen LogP contribution in [0.3, 0.4) is 0 Å². The fourth-order valence-electron chi connectivity index (χ4n) is 2.52. The second-order valence-electron chi connectivity index (χ2n) is 5.10. The molecule has 1 aromatic carbocycles. The first kappa shape index (κ1) is 13.6. The molecule has 3 aromatic rings. The van der Waals surface area contributed by atoms with Crippen molar-refractivity contribution in [3.63, 3.8) is 0 Å². The van der Waals surface area contributed by atoms with Gasteiger partial charge in [-0.05, 0) is 36.2 Å². The molecule has 0 saturated heterocycles. The van der Waals surface area contributed by atoms with Crippen molar-refractivity contribution in [2.45, 2.75) is 18.9 Å². The van der Waals surface area contributed by atoms with Gasteiger partial charge < -0.3 is 5.73 Å². The Morgan fingerprint density at radius 2 is 2.00 bits per heavy atom. The monoisotopic (exact) mass is 281 g/mol. The molecular weight excluding hydrogens is 265 g/mol. The molecule has 2 aromatic heterocycles. The Labute approximate surface area is 122 Å². The number of nitrogens with zero attached hydrogens (tertiary/aromatic N) is 2. The van der Waals surface area contributed by atoms with E-state index in [0.29, 0.717) is 12.1 Å². The molecule has 0 fully saturated rings. The Hall–Kier alpha value is -2.33.